The van der Waals surface area contributed by atoms with Crippen LogP contribution in [0.2, 0.25) is 0 Å². The minimum Gasteiger partial charge on any atom is -0.490 e. The van der Waals surface area contributed by atoms with Gasteiger partial charge in [-0.25, -0.2) is 0 Å². The van der Waals surface area contributed by atoms with E-state index in [1.807, 2.05) is 18.2 Å². The van der Waals surface area contributed by atoms with Crippen LogP contribution in [0.25, 0.3) is 0 Å². The second-order valence-electron chi connectivity index (χ2n) is 7.48. The van der Waals surface area contributed by atoms with Crippen molar-refractivity contribution in [2.45, 2.75) is 39.7 Å². The molecule has 2 N–H and O–H groups in total. The van der Waals surface area contributed by atoms with Crippen molar-refractivity contribution in [1.29, 1.82) is 0 Å². The van der Waals surface area contributed by atoms with Gasteiger partial charge in [0.05, 0.1) is 33.0 Å². The zero-order chi connectivity index (χ0) is 22.3. The summed E-state index contributed by atoms with van der Waals surface area (Å²) in [5.74, 6) is 2.31. The van der Waals surface area contributed by atoms with Gasteiger partial charge in [0.2, 0.25) is 0 Å². The van der Waals surface area contributed by atoms with Crippen LogP contribution < -0.4 is 20.1 Å². The molecular weight excluding hydrogens is 396 g/mol. The SMILES string of the molecule is CCN(CC)C(C)CN=C(NCCCOCCOC)Nc1ccc2c(c1)OCCCO2. The van der Waals surface area contributed by atoms with Crippen LogP contribution in [-0.2, 0) is 9.47 Å². The molecule has 176 valence electrons. The van der Waals surface area contributed by atoms with E-state index in [-0.39, 0.29) is 0 Å². The number of methoxy groups -OCH3 is 1. The van der Waals surface area contributed by atoms with Gasteiger partial charge in [0.25, 0.3) is 0 Å². The highest BCUT2D eigenvalue weighted by molar-refractivity contribution is 5.94. The van der Waals surface area contributed by atoms with Crippen molar-refractivity contribution < 1.29 is 18.9 Å². The molecule has 0 bridgehead atoms. The molecule has 31 heavy (non-hydrogen) atoms. The highest BCUT2D eigenvalue weighted by atomic mass is 16.5. The van der Waals surface area contributed by atoms with Crippen molar-refractivity contribution in [3.8, 4) is 11.5 Å². The largest absolute Gasteiger partial charge is 0.490 e. The van der Waals surface area contributed by atoms with E-state index in [1.54, 1.807) is 7.11 Å². The fourth-order valence-corrected chi connectivity index (χ4v) is 3.33. The number of aliphatic imine (C=N–C) groups is 1. The monoisotopic (exact) mass is 436 g/mol. The molecule has 0 aliphatic carbocycles. The second-order valence-corrected chi connectivity index (χ2v) is 7.48. The topological polar surface area (TPSA) is 76.6 Å². The molecule has 1 aliphatic heterocycles. The van der Waals surface area contributed by atoms with Gasteiger partial charge in [0.15, 0.2) is 17.5 Å². The van der Waals surface area contributed by atoms with Crippen LogP contribution in [0, 0.1) is 0 Å². The van der Waals surface area contributed by atoms with Crippen LogP contribution in [0.15, 0.2) is 23.2 Å². The molecule has 0 fully saturated rings. The summed E-state index contributed by atoms with van der Waals surface area (Å²) in [6, 6.07) is 6.28. The van der Waals surface area contributed by atoms with Crippen LogP contribution >= 0.6 is 0 Å². The van der Waals surface area contributed by atoms with Crippen LogP contribution in [0.3, 0.4) is 0 Å². The molecule has 1 aromatic rings. The third kappa shape index (κ3) is 9.33. The molecule has 0 saturated carbocycles. The maximum Gasteiger partial charge on any atom is 0.195 e. The van der Waals surface area contributed by atoms with Gasteiger partial charge in [-0.1, -0.05) is 13.8 Å². The van der Waals surface area contributed by atoms with E-state index in [4.69, 9.17) is 23.9 Å². The number of nitrogens with zero attached hydrogens (tertiary/aromatic N) is 2. The molecule has 1 heterocycles. The molecule has 0 radical (unpaired) electrons. The molecule has 0 aromatic heterocycles. The normalized spacial score (nSPS) is 14.9. The summed E-state index contributed by atoms with van der Waals surface area (Å²) in [6.45, 7) is 13.4. The lowest BCUT2D eigenvalue weighted by atomic mass is 10.2. The third-order valence-electron chi connectivity index (χ3n) is 5.15. The first-order valence-electron chi connectivity index (χ1n) is 11.4. The zero-order valence-corrected chi connectivity index (χ0v) is 19.6. The Balaban J connectivity index is 1.97. The summed E-state index contributed by atoms with van der Waals surface area (Å²) < 4.78 is 22.1. The summed E-state index contributed by atoms with van der Waals surface area (Å²) in [5, 5.41) is 6.83. The van der Waals surface area contributed by atoms with Gasteiger partial charge in [-0.2, -0.15) is 0 Å². The van der Waals surface area contributed by atoms with Gasteiger partial charge in [-0.15, -0.1) is 0 Å². The van der Waals surface area contributed by atoms with Crippen LogP contribution in [0.1, 0.15) is 33.6 Å². The zero-order valence-electron chi connectivity index (χ0n) is 19.6. The van der Waals surface area contributed by atoms with E-state index in [0.29, 0.717) is 45.6 Å². The Kier molecular flexibility index (Phi) is 12.1. The maximum absolute atomic E-state index is 5.82. The van der Waals surface area contributed by atoms with Gasteiger partial charge in [0, 0.05) is 44.5 Å². The van der Waals surface area contributed by atoms with Crippen molar-refractivity contribution in [2.24, 2.45) is 4.99 Å². The summed E-state index contributed by atoms with van der Waals surface area (Å²) in [6.07, 6.45) is 1.78. The van der Waals surface area contributed by atoms with E-state index in [2.05, 4.69) is 36.3 Å². The number of ether oxygens (including phenoxy) is 4. The summed E-state index contributed by atoms with van der Waals surface area (Å²) in [7, 11) is 1.68. The maximum atomic E-state index is 5.82. The number of hydrogen-bond donors (Lipinski definition) is 2. The smallest absolute Gasteiger partial charge is 0.195 e. The molecule has 8 nitrogen and oxygen atoms in total. The second kappa shape index (κ2) is 14.9. The Bertz CT molecular complexity index is 652. The number of nitrogens with one attached hydrogen (secondary N) is 2. The molecule has 1 unspecified atom stereocenters. The highest BCUT2D eigenvalue weighted by Crippen LogP contribution is 2.32. The van der Waals surface area contributed by atoms with Crippen molar-refractivity contribution in [1.82, 2.24) is 10.2 Å². The summed E-state index contributed by atoms with van der Waals surface area (Å²) >= 11 is 0. The molecule has 2 rings (SSSR count). The van der Waals surface area contributed by atoms with Crippen molar-refractivity contribution >= 4 is 11.6 Å². The van der Waals surface area contributed by atoms with Gasteiger partial charge in [0.1, 0.15) is 0 Å². The number of guanidine groups is 1. The van der Waals surface area contributed by atoms with E-state index >= 15 is 0 Å². The Morgan fingerprint density at radius 1 is 1.13 bits per heavy atom. The summed E-state index contributed by atoms with van der Waals surface area (Å²) in [5.41, 5.74) is 0.919. The van der Waals surface area contributed by atoms with Gasteiger partial charge >= 0.3 is 0 Å². The first-order chi connectivity index (χ1) is 15.2. The van der Waals surface area contributed by atoms with Gasteiger partial charge in [-0.3, -0.25) is 9.89 Å². The third-order valence-corrected chi connectivity index (χ3v) is 5.15. The molecule has 8 heteroatoms. The Morgan fingerprint density at radius 3 is 2.65 bits per heavy atom. The Morgan fingerprint density at radius 2 is 1.90 bits per heavy atom. The fourth-order valence-electron chi connectivity index (χ4n) is 3.33. The number of hydrogen-bond acceptors (Lipinski definition) is 6. The van der Waals surface area contributed by atoms with Crippen LogP contribution in [0.4, 0.5) is 5.69 Å². The Labute approximate surface area is 187 Å². The van der Waals surface area contributed by atoms with Crippen molar-refractivity contribution in [2.75, 3.05) is 71.6 Å². The van der Waals surface area contributed by atoms with Crippen molar-refractivity contribution in [3.05, 3.63) is 18.2 Å². The molecule has 0 amide bonds. The van der Waals surface area contributed by atoms with Gasteiger partial charge < -0.3 is 29.6 Å². The van der Waals surface area contributed by atoms with E-state index < -0.39 is 0 Å². The lowest BCUT2D eigenvalue weighted by Gasteiger charge is -2.25. The van der Waals surface area contributed by atoms with Crippen LogP contribution in [-0.4, -0.2) is 83.2 Å². The molecule has 0 spiro atoms. The predicted octanol–water partition coefficient (Wildman–Crippen LogP) is 2.99. The van der Waals surface area contributed by atoms with Crippen LogP contribution in [0.5, 0.6) is 11.5 Å². The standard InChI is InChI=1S/C23H40N4O4/c1-5-27(6-2)19(3)18-25-23(24-11-7-12-29-16-15-28-4)26-20-9-10-21-22(17-20)31-14-8-13-30-21/h9-10,17,19H,5-8,11-16,18H2,1-4H3,(H2,24,25,26). The molecule has 1 aliphatic rings. The summed E-state index contributed by atoms with van der Waals surface area (Å²) in [4.78, 5) is 7.23. The predicted molar refractivity (Wildman–Crippen MR) is 126 cm³/mol. The molecule has 0 saturated heterocycles. The average Bonchev–Trinajstić information content (AvgIpc) is 3.02. The molecule has 1 aromatic carbocycles. The molecule has 1 atom stereocenters. The number of anilines is 1. The van der Waals surface area contributed by atoms with E-state index in [0.717, 1.165) is 55.6 Å². The Hall–Kier alpha value is -2.03. The average molecular weight is 437 g/mol. The lowest BCUT2D eigenvalue weighted by molar-refractivity contribution is 0.0699. The van der Waals surface area contributed by atoms with E-state index in [1.165, 1.54) is 0 Å². The van der Waals surface area contributed by atoms with E-state index in [9.17, 15) is 0 Å². The number of benzene rings is 1. The van der Waals surface area contributed by atoms with Crippen molar-refractivity contribution in [3.63, 3.8) is 0 Å². The number of fused-ring (bicyclic) bond motifs is 1. The minimum atomic E-state index is 0.370. The lowest BCUT2D eigenvalue weighted by Crippen LogP contribution is -2.37. The first-order valence-corrected chi connectivity index (χ1v) is 11.4. The van der Waals surface area contributed by atoms with Gasteiger partial charge in [-0.05, 0) is 38.6 Å². The molecular formula is C23H40N4O4. The first kappa shape index (κ1) is 25.2. The number of rotatable bonds is 13. The fraction of sp³-hybridized carbons (Fsp3) is 0.696. The minimum absolute atomic E-state index is 0.370. The number of likely N-dealkylation sites (N-methyl/N-ethyl adjacent to an activating group) is 1. The highest BCUT2D eigenvalue weighted by Gasteiger charge is 2.13. The quantitative estimate of drug-likeness (QED) is 0.280.